The Bertz CT molecular complexity index is 1780. The molecule has 3 heterocycles. The molecular formula is C28H25ClN6O3S2. The molecule has 0 bridgehead atoms. The van der Waals surface area contributed by atoms with Crippen molar-refractivity contribution in [3.05, 3.63) is 84.0 Å². The van der Waals surface area contributed by atoms with Crippen molar-refractivity contribution in [2.75, 3.05) is 24.2 Å². The molecule has 1 saturated heterocycles. The molecule has 5 aromatic rings. The van der Waals surface area contributed by atoms with Gasteiger partial charge in [0.25, 0.3) is 0 Å². The number of H-pyrrole nitrogens is 1. The van der Waals surface area contributed by atoms with E-state index in [0.29, 0.717) is 34.8 Å². The number of aromatic nitrogens is 4. The van der Waals surface area contributed by atoms with Gasteiger partial charge in [-0.1, -0.05) is 41.6 Å². The van der Waals surface area contributed by atoms with Gasteiger partial charge in [0, 0.05) is 52.2 Å². The van der Waals surface area contributed by atoms with Crippen LogP contribution in [0.4, 0.5) is 5.69 Å². The van der Waals surface area contributed by atoms with Crippen molar-refractivity contribution < 1.29 is 13.2 Å². The molecule has 0 spiro atoms. The maximum absolute atomic E-state index is 12.8. The summed E-state index contributed by atoms with van der Waals surface area (Å²) in [5.74, 6) is 0.463. The molecule has 9 nitrogen and oxygen atoms in total. The lowest BCUT2D eigenvalue weighted by Gasteiger charge is -2.15. The van der Waals surface area contributed by atoms with E-state index in [4.69, 9.17) is 11.6 Å². The van der Waals surface area contributed by atoms with Crippen molar-refractivity contribution in [1.82, 2.24) is 24.1 Å². The SMILES string of the molecule is O=C(CSc1nnc(-c2c[nH]c3ccccc23)n1-c1ccc(Cl)cc1)Nc1ccc(S(=O)(=O)N2CCCC2)cc1. The van der Waals surface area contributed by atoms with Gasteiger partial charge in [0.1, 0.15) is 0 Å². The highest BCUT2D eigenvalue weighted by atomic mass is 35.5. The van der Waals surface area contributed by atoms with Gasteiger partial charge in [0.15, 0.2) is 11.0 Å². The van der Waals surface area contributed by atoms with Gasteiger partial charge >= 0.3 is 0 Å². The Morgan fingerprint density at radius 1 is 0.975 bits per heavy atom. The van der Waals surface area contributed by atoms with Gasteiger partial charge < -0.3 is 10.3 Å². The molecule has 0 saturated carbocycles. The molecule has 204 valence electrons. The van der Waals surface area contributed by atoms with E-state index in [-0.39, 0.29) is 16.6 Å². The Labute approximate surface area is 240 Å². The summed E-state index contributed by atoms with van der Waals surface area (Å²) >= 11 is 7.39. The van der Waals surface area contributed by atoms with Crippen molar-refractivity contribution in [1.29, 1.82) is 0 Å². The quantitative estimate of drug-likeness (QED) is 0.227. The first-order valence-corrected chi connectivity index (χ1v) is 15.5. The van der Waals surface area contributed by atoms with E-state index in [1.807, 2.05) is 47.2 Å². The molecule has 0 unspecified atom stereocenters. The number of aromatic amines is 1. The number of nitrogens with one attached hydrogen (secondary N) is 2. The summed E-state index contributed by atoms with van der Waals surface area (Å²) in [6.07, 6.45) is 3.65. The molecule has 1 amide bonds. The molecule has 12 heteroatoms. The molecule has 2 N–H and O–H groups in total. The van der Waals surface area contributed by atoms with Crippen LogP contribution in [0.3, 0.4) is 0 Å². The summed E-state index contributed by atoms with van der Waals surface area (Å²) in [5, 5.41) is 13.9. The lowest BCUT2D eigenvalue weighted by atomic mass is 10.1. The maximum Gasteiger partial charge on any atom is 0.243 e. The minimum Gasteiger partial charge on any atom is -0.360 e. The lowest BCUT2D eigenvalue weighted by molar-refractivity contribution is -0.113. The minimum absolute atomic E-state index is 0.0768. The second-order valence-corrected chi connectivity index (χ2v) is 12.7. The minimum atomic E-state index is -3.51. The van der Waals surface area contributed by atoms with Gasteiger partial charge in [0.2, 0.25) is 15.9 Å². The van der Waals surface area contributed by atoms with Crippen molar-refractivity contribution in [3.63, 3.8) is 0 Å². The monoisotopic (exact) mass is 592 g/mol. The number of halogens is 1. The number of benzene rings is 3. The standard InChI is InChI=1S/C28H25ClN6O3S2/c29-19-7-11-21(12-8-19)35-27(24-17-30-25-6-2-1-5-23(24)25)32-33-28(35)39-18-26(36)31-20-9-13-22(14-10-20)40(37,38)34-15-3-4-16-34/h1-2,5-14,17,30H,3-4,15-16,18H2,(H,31,36). The molecule has 3 aromatic carbocycles. The Morgan fingerprint density at radius 3 is 2.45 bits per heavy atom. The summed E-state index contributed by atoms with van der Waals surface area (Å²) in [6, 6.07) is 21.6. The molecule has 1 aliphatic rings. The summed E-state index contributed by atoms with van der Waals surface area (Å²) < 4.78 is 28.9. The van der Waals surface area contributed by atoms with E-state index in [1.54, 1.807) is 24.3 Å². The van der Waals surface area contributed by atoms with Crippen LogP contribution >= 0.6 is 23.4 Å². The number of rotatable bonds is 8. The first kappa shape index (κ1) is 26.6. The predicted molar refractivity (Wildman–Crippen MR) is 157 cm³/mol. The second-order valence-electron chi connectivity index (χ2n) is 9.34. The Morgan fingerprint density at radius 2 is 1.70 bits per heavy atom. The van der Waals surface area contributed by atoms with E-state index < -0.39 is 10.0 Å². The summed E-state index contributed by atoms with van der Waals surface area (Å²) in [5.41, 5.74) is 3.20. The highest BCUT2D eigenvalue weighted by molar-refractivity contribution is 7.99. The lowest BCUT2D eigenvalue weighted by Crippen LogP contribution is -2.27. The Kier molecular flexibility index (Phi) is 7.37. The number of para-hydroxylation sites is 1. The van der Waals surface area contributed by atoms with Gasteiger partial charge in [-0.2, -0.15) is 4.31 Å². The topological polar surface area (TPSA) is 113 Å². The van der Waals surface area contributed by atoms with E-state index in [2.05, 4.69) is 20.5 Å². The number of carbonyl (C=O) groups excluding carboxylic acids is 1. The number of amides is 1. The fourth-order valence-electron chi connectivity index (χ4n) is 4.73. The zero-order valence-corrected chi connectivity index (χ0v) is 23.6. The second kappa shape index (κ2) is 11.1. The van der Waals surface area contributed by atoms with Crippen LogP contribution in [0.25, 0.3) is 28.0 Å². The summed E-state index contributed by atoms with van der Waals surface area (Å²) in [4.78, 5) is 16.3. The number of thioether (sulfide) groups is 1. The average Bonchev–Trinajstić information content (AvgIpc) is 3.73. The molecule has 0 aliphatic carbocycles. The zero-order chi connectivity index (χ0) is 27.7. The van der Waals surface area contributed by atoms with Crippen LogP contribution in [0.15, 0.2) is 89.0 Å². The van der Waals surface area contributed by atoms with Gasteiger partial charge in [-0.05, 0) is 67.4 Å². The van der Waals surface area contributed by atoms with Gasteiger partial charge in [-0.25, -0.2) is 8.42 Å². The Balaban J connectivity index is 1.21. The van der Waals surface area contributed by atoms with Crippen LogP contribution in [-0.4, -0.2) is 57.2 Å². The van der Waals surface area contributed by atoms with Crippen molar-refractivity contribution in [3.8, 4) is 17.1 Å². The van der Waals surface area contributed by atoms with Crippen LogP contribution in [0.5, 0.6) is 0 Å². The van der Waals surface area contributed by atoms with Gasteiger partial charge in [-0.15, -0.1) is 10.2 Å². The number of hydrogen-bond acceptors (Lipinski definition) is 6. The van der Waals surface area contributed by atoms with E-state index in [0.717, 1.165) is 35.0 Å². The van der Waals surface area contributed by atoms with Crippen LogP contribution < -0.4 is 5.32 Å². The van der Waals surface area contributed by atoms with Crippen molar-refractivity contribution >= 4 is 55.9 Å². The Hall–Kier alpha value is -3.64. The molecule has 40 heavy (non-hydrogen) atoms. The van der Waals surface area contributed by atoms with Crippen molar-refractivity contribution in [2.45, 2.75) is 22.9 Å². The van der Waals surface area contributed by atoms with Crippen LogP contribution in [0.1, 0.15) is 12.8 Å². The molecule has 2 aromatic heterocycles. The number of fused-ring (bicyclic) bond motifs is 1. The number of carbonyl (C=O) groups is 1. The molecular weight excluding hydrogens is 568 g/mol. The fourth-order valence-corrected chi connectivity index (χ4v) is 7.13. The largest absolute Gasteiger partial charge is 0.360 e. The third-order valence-corrected chi connectivity index (χ3v) is 9.82. The maximum atomic E-state index is 12.8. The van der Waals surface area contributed by atoms with Crippen LogP contribution in [-0.2, 0) is 14.8 Å². The molecule has 1 aliphatic heterocycles. The predicted octanol–water partition coefficient (Wildman–Crippen LogP) is 5.58. The van der Waals surface area contributed by atoms with Crippen LogP contribution in [0.2, 0.25) is 5.02 Å². The summed E-state index contributed by atoms with van der Waals surface area (Å²) in [6.45, 7) is 1.08. The third-order valence-electron chi connectivity index (χ3n) is 6.72. The third kappa shape index (κ3) is 5.25. The number of hydrogen-bond donors (Lipinski definition) is 2. The van der Waals surface area contributed by atoms with Gasteiger partial charge in [-0.3, -0.25) is 9.36 Å². The number of sulfonamides is 1. The molecule has 0 atom stereocenters. The molecule has 0 radical (unpaired) electrons. The number of anilines is 1. The molecule has 1 fully saturated rings. The van der Waals surface area contributed by atoms with Gasteiger partial charge in [0.05, 0.1) is 10.6 Å². The number of nitrogens with zero attached hydrogens (tertiary/aromatic N) is 4. The fraction of sp³-hybridized carbons (Fsp3) is 0.179. The van der Waals surface area contributed by atoms with E-state index >= 15 is 0 Å². The highest BCUT2D eigenvalue weighted by Gasteiger charge is 2.27. The normalized spacial score (nSPS) is 14.1. The molecule has 6 rings (SSSR count). The first-order valence-electron chi connectivity index (χ1n) is 12.7. The highest BCUT2D eigenvalue weighted by Crippen LogP contribution is 2.33. The smallest absolute Gasteiger partial charge is 0.243 e. The van der Waals surface area contributed by atoms with E-state index in [1.165, 1.54) is 28.2 Å². The summed E-state index contributed by atoms with van der Waals surface area (Å²) in [7, 11) is -3.51. The first-order chi connectivity index (χ1) is 19.4. The van der Waals surface area contributed by atoms with E-state index in [9.17, 15) is 13.2 Å². The van der Waals surface area contributed by atoms with Crippen molar-refractivity contribution in [2.24, 2.45) is 0 Å². The average molecular weight is 593 g/mol. The van der Waals surface area contributed by atoms with Crippen LogP contribution in [0, 0.1) is 0 Å². The zero-order valence-electron chi connectivity index (χ0n) is 21.2.